The molecule has 1 aliphatic rings. The van der Waals surface area contributed by atoms with E-state index in [1.54, 1.807) is 11.6 Å². The summed E-state index contributed by atoms with van der Waals surface area (Å²) in [7, 11) is 0. The molecule has 0 aliphatic carbocycles. The highest BCUT2D eigenvalue weighted by molar-refractivity contribution is 6.33. The Morgan fingerprint density at radius 2 is 2.25 bits per heavy atom. The van der Waals surface area contributed by atoms with Gasteiger partial charge in [0.2, 0.25) is 0 Å². The molecule has 0 radical (unpaired) electrons. The second-order valence-corrected chi connectivity index (χ2v) is 4.87. The van der Waals surface area contributed by atoms with E-state index < -0.39 is 12.1 Å². The number of halogens is 1. The molecular formula is C12H16ClN3O4. The SMILES string of the molecule is CCn1nc(C)c(C(=O)N2CCOC(C(=O)O)C2)c1Cl. The molecule has 1 fully saturated rings. The number of aliphatic carboxylic acids is 1. The number of aryl methyl sites for hydroxylation is 2. The van der Waals surface area contributed by atoms with Gasteiger partial charge in [-0.1, -0.05) is 11.6 Å². The molecular weight excluding hydrogens is 286 g/mol. The molecule has 1 atom stereocenters. The van der Waals surface area contributed by atoms with Gasteiger partial charge in [-0.05, 0) is 13.8 Å². The fourth-order valence-corrected chi connectivity index (χ4v) is 2.52. The lowest BCUT2D eigenvalue weighted by Gasteiger charge is -2.30. The summed E-state index contributed by atoms with van der Waals surface area (Å²) in [4.78, 5) is 24.9. The molecule has 7 nitrogen and oxygen atoms in total. The van der Waals surface area contributed by atoms with Crippen molar-refractivity contribution in [2.45, 2.75) is 26.5 Å². The van der Waals surface area contributed by atoms with Gasteiger partial charge in [-0.25, -0.2) is 4.79 Å². The van der Waals surface area contributed by atoms with E-state index in [-0.39, 0.29) is 24.2 Å². The number of carbonyl (C=O) groups is 2. The maximum Gasteiger partial charge on any atom is 0.334 e. The lowest BCUT2D eigenvalue weighted by atomic mass is 10.2. The number of carboxylic acids is 1. The van der Waals surface area contributed by atoms with E-state index in [1.807, 2.05) is 6.92 Å². The van der Waals surface area contributed by atoms with Crippen molar-refractivity contribution in [1.29, 1.82) is 0 Å². The third-order valence-electron chi connectivity index (χ3n) is 3.21. The zero-order valence-corrected chi connectivity index (χ0v) is 12.1. The number of carbonyl (C=O) groups excluding carboxylic acids is 1. The highest BCUT2D eigenvalue weighted by atomic mass is 35.5. The fourth-order valence-electron chi connectivity index (χ4n) is 2.15. The predicted octanol–water partition coefficient (Wildman–Crippen LogP) is 0.790. The molecule has 1 aromatic rings. The molecule has 1 N–H and O–H groups in total. The van der Waals surface area contributed by atoms with Gasteiger partial charge in [-0.2, -0.15) is 5.10 Å². The number of amides is 1. The van der Waals surface area contributed by atoms with E-state index in [1.165, 1.54) is 4.90 Å². The molecule has 2 rings (SSSR count). The third-order valence-corrected chi connectivity index (χ3v) is 3.59. The number of nitrogens with zero attached hydrogens (tertiary/aromatic N) is 3. The fraction of sp³-hybridized carbons (Fsp3) is 0.583. The molecule has 0 bridgehead atoms. The first kappa shape index (κ1) is 14.8. The highest BCUT2D eigenvalue weighted by Crippen LogP contribution is 2.22. The van der Waals surface area contributed by atoms with E-state index >= 15 is 0 Å². The molecule has 1 saturated heterocycles. The van der Waals surface area contributed by atoms with Crippen LogP contribution in [0.2, 0.25) is 5.15 Å². The van der Waals surface area contributed by atoms with Gasteiger partial charge in [0, 0.05) is 13.1 Å². The lowest BCUT2D eigenvalue weighted by Crippen LogP contribution is -2.48. The number of hydrogen-bond donors (Lipinski definition) is 1. The van der Waals surface area contributed by atoms with Crippen LogP contribution in [0.3, 0.4) is 0 Å². The molecule has 1 aromatic heterocycles. The molecule has 0 spiro atoms. The van der Waals surface area contributed by atoms with Gasteiger partial charge < -0.3 is 14.7 Å². The molecule has 20 heavy (non-hydrogen) atoms. The first-order chi connectivity index (χ1) is 9.45. The van der Waals surface area contributed by atoms with Crippen LogP contribution in [-0.2, 0) is 16.1 Å². The Morgan fingerprint density at radius 1 is 1.55 bits per heavy atom. The molecule has 1 aliphatic heterocycles. The van der Waals surface area contributed by atoms with Crippen molar-refractivity contribution in [3.63, 3.8) is 0 Å². The molecule has 0 saturated carbocycles. The summed E-state index contributed by atoms with van der Waals surface area (Å²) in [5.74, 6) is -1.38. The molecule has 1 unspecified atom stereocenters. The van der Waals surface area contributed by atoms with Crippen LogP contribution in [-0.4, -0.2) is 57.5 Å². The monoisotopic (exact) mass is 301 g/mol. The maximum absolute atomic E-state index is 12.5. The van der Waals surface area contributed by atoms with Crippen molar-refractivity contribution < 1.29 is 19.4 Å². The van der Waals surface area contributed by atoms with Gasteiger partial charge in [0.25, 0.3) is 5.91 Å². The van der Waals surface area contributed by atoms with Gasteiger partial charge in [0.15, 0.2) is 6.10 Å². The van der Waals surface area contributed by atoms with Crippen molar-refractivity contribution >= 4 is 23.5 Å². The van der Waals surface area contributed by atoms with Crippen LogP contribution in [0.15, 0.2) is 0 Å². The highest BCUT2D eigenvalue weighted by Gasteiger charge is 2.32. The molecule has 1 amide bonds. The second-order valence-electron chi connectivity index (χ2n) is 4.52. The first-order valence-corrected chi connectivity index (χ1v) is 6.70. The first-order valence-electron chi connectivity index (χ1n) is 6.32. The minimum atomic E-state index is -1.07. The summed E-state index contributed by atoms with van der Waals surface area (Å²) in [6, 6.07) is 0. The van der Waals surface area contributed by atoms with E-state index in [2.05, 4.69) is 5.10 Å². The molecule has 110 valence electrons. The smallest absolute Gasteiger partial charge is 0.334 e. The van der Waals surface area contributed by atoms with Crippen LogP contribution in [0.5, 0.6) is 0 Å². The van der Waals surface area contributed by atoms with E-state index in [0.717, 1.165) is 0 Å². The number of ether oxygens (including phenoxy) is 1. The number of hydrogen-bond acceptors (Lipinski definition) is 4. The van der Waals surface area contributed by atoms with Gasteiger partial charge in [-0.15, -0.1) is 0 Å². The Bertz CT molecular complexity index is 543. The number of morpholine rings is 1. The predicted molar refractivity (Wildman–Crippen MR) is 70.9 cm³/mol. The Kier molecular flexibility index (Phi) is 4.29. The Labute approximate surface area is 121 Å². The average Bonchev–Trinajstić information content (AvgIpc) is 2.72. The third kappa shape index (κ3) is 2.64. The second kappa shape index (κ2) is 5.80. The normalized spacial score (nSPS) is 19.1. The largest absolute Gasteiger partial charge is 0.479 e. The summed E-state index contributed by atoms with van der Waals surface area (Å²) in [6.45, 7) is 4.70. The Balaban J connectivity index is 2.23. The Hall–Kier alpha value is -1.60. The summed E-state index contributed by atoms with van der Waals surface area (Å²) in [6.07, 6.45) is -0.993. The van der Waals surface area contributed by atoms with Crippen molar-refractivity contribution in [3.8, 4) is 0 Å². The van der Waals surface area contributed by atoms with E-state index in [9.17, 15) is 9.59 Å². The maximum atomic E-state index is 12.5. The van der Waals surface area contributed by atoms with Crippen molar-refractivity contribution in [3.05, 3.63) is 16.4 Å². The summed E-state index contributed by atoms with van der Waals surface area (Å²) >= 11 is 6.15. The zero-order valence-electron chi connectivity index (χ0n) is 11.3. The van der Waals surface area contributed by atoms with Crippen LogP contribution >= 0.6 is 11.6 Å². The lowest BCUT2D eigenvalue weighted by molar-refractivity contribution is -0.154. The van der Waals surface area contributed by atoms with Crippen LogP contribution in [0.4, 0.5) is 0 Å². The number of carboxylic acid groups (broad SMARTS) is 1. The summed E-state index contributed by atoms with van der Waals surface area (Å²) < 4.78 is 6.64. The van der Waals surface area contributed by atoms with Crippen LogP contribution in [0.1, 0.15) is 23.0 Å². The van der Waals surface area contributed by atoms with Gasteiger partial charge in [0.1, 0.15) is 5.15 Å². The van der Waals surface area contributed by atoms with Crippen molar-refractivity contribution in [1.82, 2.24) is 14.7 Å². The minimum Gasteiger partial charge on any atom is -0.479 e. The quantitative estimate of drug-likeness (QED) is 0.892. The summed E-state index contributed by atoms with van der Waals surface area (Å²) in [5, 5.41) is 13.4. The van der Waals surface area contributed by atoms with Crippen molar-refractivity contribution in [2.75, 3.05) is 19.7 Å². The standard InChI is InChI=1S/C12H16ClN3O4/c1-3-16-10(13)9(7(2)14-16)11(17)15-4-5-20-8(6-15)12(18)19/h8H,3-6H2,1-2H3,(H,18,19). The van der Waals surface area contributed by atoms with E-state index in [0.29, 0.717) is 24.3 Å². The van der Waals surface area contributed by atoms with Crippen molar-refractivity contribution in [2.24, 2.45) is 0 Å². The van der Waals surface area contributed by atoms with Gasteiger partial charge >= 0.3 is 5.97 Å². The molecule has 0 aromatic carbocycles. The van der Waals surface area contributed by atoms with Crippen LogP contribution < -0.4 is 0 Å². The topological polar surface area (TPSA) is 84.7 Å². The average molecular weight is 302 g/mol. The Morgan fingerprint density at radius 3 is 2.80 bits per heavy atom. The summed E-state index contributed by atoms with van der Waals surface area (Å²) in [5.41, 5.74) is 0.875. The zero-order chi connectivity index (χ0) is 14.9. The number of aromatic nitrogens is 2. The minimum absolute atomic E-state index is 0.0151. The van der Waals surface area contributed by atoms with Crippen LogP contribution in [0.25, 0.3) is 0 Å². The van der Waals surface area contributed by atoms with Crippen LogP contribution in [0, 0.1) is 6.92 Å². The molecule has 8 heteroatoms. The van der Waals surface area contributed by atoms with Gasteiger partial charge in [-0.3, -0.25) is 9.48 Å². The number of rotatable bonds is 3. The van der Waals surface area contributed by atoms with Gasteiger partial charge in [0.05, 0.1) is 24.4 Å². The van der Waals surface area contributed by atoms with E-state index in [4.69, 9.17) is 21.4 Å². The molecule has 2 heterocycles.